The second-order valence-electron chi connectivity index (χ2n) is 5.38. The first-order chi connectivity index (χ1) is 11.5. The summed E-state index contributed by atoms with van der Waals surface area (Å²) in [5.41, 5.74) is 3.40. The lowest BCUT2D eigenvalue weighted by molar-refractivity contribution is -0.118. The summed E-state index contributed by atoms with van der Waals surface area (Å²) in [5.74, 6) is -0.238. The van der Waals surface area contributed by atoms with Gasteiger partial charge in [0.25, 0.3) is 5.91 Å². The monoisotopic (exact) mass is 327 g/mol. The third kappa shape index (κ3) is 4.84. The van der Waals surface area contributed by atoms with Crippen LogP contribution in [0.2, 0.25) is 0 Å². The summed E-state index contributed by atoms with van der Waals surface area (Å²) < 4.78 is 10.4. The van der Waals surface area contributed by atoms with Gasteiger partial charge < -0.3 is 14.8 Å². The number of rotatable bonds is 6. The minimum absolute atomic E-state index is 0.140. The summed E-state index contributed by atoms with van der Waals surface area (Å²) in [6.45, 7) is 5.92. The number of ether oxygens (including phenoxy) is 2. The van der Waals surface area contributed by atoms with Gasteiger partial charge in [-0.05, 0) is 62.2 Å². The van der Waals surface area contributed by atoms with Crippen molar-refractivity contribution in [3.05, 3.63) is 59.2 Å². The molecule has 0 atom stereocenters. The number of carbonyl (C=O) groups excluding carboxylic acids is 2. The van der Waals surface area contributed by atoms with Gasteiger partial charge in [0.1, 0.15) is 5.75 Å². The van der Waals surface area contributed by atoms with Gasteiger partial charge in [-0.1, -0.05) is 12.1 Å². The molecule has 0 aliphatic carbocycles. The summed E-state index contributed by atoms with van der Waals surface area (Å²) in [7, 11) is 0. The molecule has 5 nitrogen and oxygen atoms in total. The fourth-order valence-electron chi connectivity index (χ4n) is 2.09. The van der Waals surface area contributed by atoms with Crippen LogP contribution in [0.3, 0.4) is 0 Å². The van der Waals surface area contributed by atoms with Crippen molar-refractivity contribution < 1.29 is 19.1 Å². The Bertz CT molecular complexity index is 740. The first-order valence-electron chi connectivity index (χ1n) is 7.76. The second kappa shape index (κ2) is 8.15. The SMILES string of the molecule is CCOC(=O)c1cccc(OCC(=O)Nc2ccc(C)c(C)c2)c1. The zero-order valence-corrected chi connectivity index (χ0v) is 14.1. The number of nitrogens with one attached hydrogen (secondary N) is 1. The van der Waals surface area contributed by atoms with Gasteiger partial charge in [0.15, 0.2) is 6.61 Å². The van der Waals surface area contributed by atoms with Crippen LogP contribution in [0.25, 0.3) is 0 Å². The Labute approximate surface area is 141 Å². The number of aryl methyl sites for hydroxylation is 2. The number of hydrogen-bond acceptors (Lipinski definition) is 4. The number of carbonyl (C=O) groups is 2. The smallest absolute Gasteiger partial charge is 0.338 e. The zero-order valence-electron chi connectivity index (χ0n) is 14.1. The molecule has 0 unspecified atom stereocenters. The average Bonchev–Trinajstić information content (AvgIpc) is 2.57. The Morgan fingerprint density at radius 3 is 2.54 bits per heavy atom. The molecule has 0 aromatic heterocycles. The molecule has 0 radical (unpaired) electrons. The van der Waals surface area contributed by atoms with Crippen molar-refractivity contribution in [1.29, 1.82) is 0 Å². The highest BCUT2D eigenvalue weighted by Gasteiger charge is 2.09. The molecule has 1 amide bonds. The van der Waals surface area contributed by atoms with E-state index in [1.165, 1.54) is 5.56 Å². The van der Waals surface area contributed by atoms with Gasteiger partial charge in [0.2, 0.25) is 0 Å². The Balaban J connectivity index is 1.92. The number of amides is 1. The van der Waals surface area contributed by atoms with E-state index >= 15 is 0 Å². The van der Waals surface area contributed by atoms with Crippen LogP contribution < -0.4 is 10.1 Å². The predicted molar refractivity (Wildman–Crippen MR) is 92.4 cm³/mol. The van der Waals surface area contributed by atoms with Crippen LogP contribution in [-0.2, 0) is 9.53 Å². The first-order valence-corrected chi connectivity index (χ1v) is 7.76. The van der Waals surface area contributed by atoms with E-state index < -0.39 is 5.97 Å². The van der Waals surface area contributed by atoms with Crippen LogP contribution in [0.1, 0.15) is 28.4 Å². The molecule has 1 N–H and O–H groups in total. The number of esters is 1. The molecule has 5 heteroatoms. The molecule has 0 spiro atoms. The van der Waals surface area contributed by atoms with Gasteiger partial charge in [0.05, 0.1) is 12.2 Å². The Kier molecular flexibility index (Phi) is 5.95. The lowest BCUT2D eigenvalue weighted by Gasteiger charge is -2.10. The van der Waals surface area contributed by atoms with Crippen LogP contribution in [0.4, 0.5) is 5.69 Å². The molecular weight excluding hydrogens is 306 g/mol. The van der Waals surface area contributed by atoms with Crippen molar-refractivity contribution in [3.63, 3.8) is 0 Å². The van der Waals surface area contributed by atoms with Crippen molar-refractivity contribution in [1.82, 2.24) is 0 Å². The largest absolute Gasteiger partial charge is 0.484 e. The van der Waals surface area contributed by atoms with Crippen LogP contribution >= 0.6 is 0 Å². The summed E-state index contributed by atoms with van der Waals surface area (Å²) in [6.07, 6.45) is 0. The molecule has 0 bridgehead atoms. The van der Waals surface area contributed by atoms with Gasteiger partial charge in [-0.25, -0.2) is 4.79 Å². The van der Waals surface area contributed by atoms with Crippen molar-refractivity contribution in [2.24, 2.45) is 0 Å². The van der Waals surface area contributed by atoms with Crippen LogP contribution in [-0.4, -0.2) is 25.1 Å². The number of anilines is 1. The maximum Gasteiger partial charge on any atom is 0.338 e. The number of hydrogen-bond donors (Lipinski definition) is 1. The molecule has 0 aliphatic rings. The van der Waals surface area contributed by atoms with Crippen LogP contribution in [0.5, 0.6) is 5.75 Å². The lowest BCUT2D eigenvalue weighted by Crippen LogP contribution is -2.20. The molecule has 0 aliphatic heterocycles. The van der Waals surface area contributed by atoms with Crippen molar-refractivity contribution in [2.75, 3.05) is 18.5 Å². The van der Waals surface area contributed by atoms with E-state index in [1.807, 2.05) is 32.0 Å². The fourth-order valence-corrected chi connectivity index (χ4v) is 2.09. The van der Waals surface area contributed by atoms with Gasteiger partial charge in [-0.2, -0.15) is 0 Å². The number of benzene rings is 2. The maximum atomic E-state index is 12.0. The highest BCUT2D eigenvalue weighted by atomic mass is 16.5. The molecule has 2 aromatic carbocycles. The maximum absolute atomic E-state index is 12.0. The summed E-state index contributed by atoms with van der Waals surface area (Å²) in [6, 6.07) is 12.3. The molecule has 0 saturated heterocycles. The molecule has 2 aromatic rings. The lowest BCUT2D eigenvalue weighted by atomic mass is 10.1. The first kappa shape index (κ1) is 17.5. The molecular formula is C19H21NO4. The third-order valence-electron chi connectivity index (χ3n) is 3.51. The van der Waals surface area contributed by atoms with Gasteiger partial charge in [-0.15, -0.1) is 0 Å². The highest BCUT2D eigenvalue weighted by Crippen LogP contribution is 2.16. The van der Waals surface area contributed by atoms with Gasteiger partial charge in [-0.3, -0.25) is 4.79 Å². The minimum Gasteiger partial charge on any atom is -0.484 e. The summed E-state index contributed by atoms with van der Waals surface area (Å²) in [4.78, 5) is 23.7. The van der Waals surface area contributed by atoms with E-state index in [9.17, 15) is 9.59 Å². The highest BCUT2D eigenvalue weighted by molar-refractivity contribution is 5.92. The van der Waals surface area contributed by atoms with E-state index in [2.05, 4.69) is 5.32 Å². The Hall–Kier alpha value is -2.82. The Morgan fingerprint density at radius 1 is 1.04 bits per heavy atom. The van der Waals surface area contributed by atoms with E-state index in [1.54, 1.807) is 31.2 Å². The molecule has 126 valence electrons. The van der Waals surface area contributed by atoms with Crippen LogP contribution in [0.15, 0.2) is 42.5 Å². The quantitative estimate of drug-likeness (QED) is 0.825. The van der Waals surface area contributed by atoms with Crippen molar-refractivity contribution in [2.45, 2.75) is 20.8 Å². The standard InChI is InChI=1S/C19H21NO4/c1-4-23-19(22)15-6-5-7-17(11-15)24-12-18(21)20-16-9-8-13(2)14(3)10-16/h5-11H,4,12H2,1-3H3,(H,20,21). The van der Waals surface area contributed by atoms with E-state index in [-0.39, 0.29) is 12.5 Å². The van der Waals surface area contributed by atoms with E-state index in [0.717, 1.165) is 11.3 Å². The second-order valence-corrected chi connectivity index (χ2v) is 5.38. The van der Waals surface area contributed by atoms with Gasteiger partial charge in [0, 0.05) is 5.69 Å². The van der Waals surface area contributed by atoms with Crippen LogP contribution in [0, 0.1) is 13.8 Å². The molecule has 2 rings (SSSR count). The predicted octanol–water partition coefficient (Wildman–Crippen LogP) is 3.50. The average molecular weight is 327 g/mol. The zero-order chi connectivity index (χ0) is 17.5. The summed E-state index contributed by atoms with van der Waals surface area (Å²) in [5, 5.41) is 2.78. The topological polar surface area (TPSA) is 64.6 Å². The Morgan fingerprint density at radius 2 is 1.83 bits per heavy atom. The van der Waals surface area contributed by atoms with E-state index in [0.29, 0.717) is 17.9 Å². The minimum atomic E-state index is -0.414. The molecule has 24 heavy (non-hydrogen) atoms. The summed E-state index contributed by atoms with van der Waals surface area (Å²) >= 11 is 0. The van der Waals surface area contributed by atoms with E-state index in [4.69, 9.17) is 9.47 Å². The molecule has 0 saturated carbocycles. The fraction of sp³-hybridized carbons (Fsp3) is 0.263. The molecule has 0 heterocycles. The van der Waals surface area contributed by atoms with Crippen molar-refractivity contribution in [3.8, 4) is 5.75 Å². The van der Waals surface area contributed by atoms with Crippen molar-refractivity contribution >= 4 is 17.6 Å². The normalized spacial score (nSPS) is 10.1. The third-order valence-corrected chi connectivity index (χ3v) is 3.51. The molecule has 0 fully saturated rings. The van der Waals surface area contributed by atoms with Gasteiger partial charge >= 0.3 is 5.97 Å².